The Labute approximate surface area is 176 Å². The van der Waals surface area contributed by atoms with E-state index >= 15 is 0 Å². The Morgan fingerprint density at radius 2 is 1.93 bits per heavy atom. The van der Waals surface area contributed by atoms with E-state index in [1.165, 1.54) is 0 Å². The SMILES string of the molecule is CCOc1cc(C2NC(=S)NC(C)=C2C(=O)NCc2ccccc2)ccc1OC. The molecule has 0 spiro atoms. The molecule has 1 atom stereocenters. The van der Waals surface area contributed by atoms with E-state index < -0.39 is 6.04 Å². The largest absolute Gasteiger partial charge is 0.493 e. The number of hydrogen-bond acceptors (Lipinski definition) is 4. The number of carbonyl (C=O) groups excluding carboxylic acids is 1. The van der Waals surface area contributed by atoms with Crippen LogP contribution in [-0.4, -0.2) is 24.7 Å². The van der Waals surface area contributed by atoms with Gasteiger partial charge in [-0.15, -0.1) is 0 Å². The highest BCUT2D eigenvalue weighted by Gasteiger charge is 2.30. The average molecular weight is 412 g/mol. The average Bonchev–Trinajstić information content (AvgIpc) is 2.72. The number of thiocarbonyl (C=S) groups is 1. The second kappa shape index (κ2) is 9.43. The summed E-state index contributed by atoms with van der Waals surface area (Å²) in [6, 6.07) is 15.0. The molecule has 3 rings (SSSR count). The number of rotatable bonds is 7. The molecule has 1 heterocycles. The molecule has 1 aliphatic heterocycles. The van der Waals surface area contributed by atoms with Gasteiger partial charge in [-0.05, 0) is 49.3 Å². The highest BCUT2D eigenvalue weighted by Crippen LogP contribution is 2.34. The topological polar surface area (TPSA) is 71.6 Å². The van der Waals surface area contributed by atoms with Gasteiger partial charge < -0.3 is 25.4 Å². The Morgan fingerprint density at radius 1 is 1.17 bits per heavy atom. The van der Waals surface area contributed by atoms with Crippen molar-refractivity contribution in [2.75, 3.05) is 13.7 Å². The van der Waals surface area contributed by atoms with Crippen molar-refractivity contribution in [3.63, 3.8) is 0 Å². The molecule has 6 nitrogen and oxygen atoms in total. The van der Waals surface area contributed by atoms with Crippen LogP contribution in [0.4, 0.5) is 0 Å². The van der Waals surface area contributed by atoms with Gasteiger partial charge in [0.2, 0.25) is 0 Å². The first-order chi connectivity index (χ1) is 14.0. The molecule has 29 heavy (non-hydrogen) atoms. The third kappa shape index (κ3) is 4.86. The van der Waals surface area contributed by atoms with Crippen LogP contribution in [0.1, 0.15) is 31.0 Å². The summed E-state index contributed by atoms with van der Waals surface area (Å²) in [7, 11) is 1.60. The van der Waals surface area contributed by atoms with Crippen molar-refractivity contribution in [2.24, 2.45) is 0 Å². The summed E-state index contributed by atoms with van der Waals surface area (Å²) < 4.78 is 11.1. The van der Waals surface area contributed by atoms with Crippen LogP contribution in [0, 0.1) is 0 Å². The number of benzene rings is 2. The maximum Gasteiger partial charge on any atom is 0.251 e. The van der Waals surface area contributed by atoms with Crippen LogP contribution in [0.5, 0.6) is 11.5 Å². The van der Waals surface area contributed by atoms with Gasteiger partial charge in [0.05, 0.1) is 25.3 Å². The van der Waals surface area contributed by atoms with Gasteiger partial charge in [0.25, 0.3) is 5.91 Å². The van der Waals surface area contributed by atoms with Crippen LogP contribution in [0.2, 0.25) is 0 Å². The molecule has 7 heteroatoms. The Bertz CT molecular complexity index is 928. The highest BCUT2D eigenvalue weighted by atomic mass is 32.1. The normalized spacial score (nSPS) is 16.0. The molecule has 152 valence electrons. The van der Waals surface area contributed by atoms with Gasteiger partial charge in [-0.25, -0.2) is 0 Å². The van der Waals surface area contributed by atoms with E-state index in [-0.39, 0.29) is 5.91 Å². The summed E-state index contributed by atoms with van der Waals surface area (Å²) in [5, 5.41) is 9.73. The van der Waals surface area contributed by atoms with E-state index in [9.17, 15) is 4.79 Å². The summed E-state index contributed by atoms with van der Waals surface area (Å²) in [4.78, 5) is 13.1. The van der Waals surface area contributed by atoms with Crippen molar-refractivity contribution >= 4 is 23.2 Å². The van der Waals surface area contributed by atoms with Crippen LogP contribution in [0.3, 0.4) is 0 Å². The predicted octanol–water partition coefficient (Wildman–Crippen LogP) is 3.20. The van der Waals surface area contributed by atoms with Gasteiger partial charge in [-0.2, -0.15) is 0 Å². The van der Waals surface area contributed by atoms with Crippen LogP contribution >= 0.6 is 12.2 Å². The van der Waals surface area contributed by atoms with E-state index in [0.717, 1.165) is 16.8 Å². The molecule has 0 aromatic heterocycles. The standard InChI is InChI=1S/C22H25N3O3S/c1-4-28-18-12-16(10-11-17(18)27-3)20-19(14(2)24-22(29)25-20)21(26)23-13-15-8-6-5-7-9-15/h5-12,20H,4,13H2,1-3H3,(H,23,26)(H2,24,25,29). The lowest BCUT2D eigenvalue weighted by Gasteiger charge is -2.30. The molecule has 0 radical (unpaired) electrons. The van der Waals surface area contributed by atoms with Gasteiger partial charge in [0, 0.05) is 12.2 Å². The maximum atomic E-state index is 13.1. The van der Waals surface area contributed by atoms with Gasteiger partial charge >= 0.3 is 0 Å². The van der Waals surface area contributed by atoms with Gasteiger partial charge in [-0.1, -0.05) is 36.4 Å². The van der Waals surface area contributed by atoms with Crippen LogP contribution in [-0.2, 0) is 11.3 Å². The number of amides is 1. The first-order valence-corrected chi connectivity index (χ1v) is 9.85. The first-order valence-electron chi connectivity index (χ1n) is 9.44. The molecular weight excluding hydrogens is 386 g/mol. The van der Waals surface area contributed by atoms with Crippen molar-refractivity contribution in [3.8, 4) is 11.5 Å². The molecule has 2 aromatic carbocycles. The number of ether oxygens (including phenoxy) is 2. The van der Waals surface area contributed by atoms with Gasteiger partial charge in [0.1, 0.15) is 0 Å². The minimum absolute atomic E-state index is 0.160. The van der Waals surface area contributed by atoms with Gasteiger partial charge in [-0.3, -0.25) is 4.79 Å². The second-order valence-corrected chi connectivity index (χ2v) is 6.99. The monoisotopic (exact) mass is 411 g/mol. The number of hydrogen-bond donors (Lipinski definition) is 3. The summed E-state index contributed by atoms with van der Waals surface area (Å²) >= 11 is 5.33. The summed E-state index contributed by atoms with van der Waals surface area (Å²) in [5.41, 5.74) is 3.20. The fourth-order valence-corrected chi connectivity index (χ4v) is 3.53. The van der Waals surface area contributed by atoms with E-state index in [1.54, 1.807) is 7.11 Å². The Hall–Kier alpha value is -3.06. The van der Waals surface area contributed by atoms with Crippen molar-refractivity contribution < 1.29 is 14.3 Å². The molecule has 0 bridgehead atoms. The van der Waals surface area contributed by atoms with E-state index in [1.807, 2.05) is 62.4 Å². The smallest absolute Gasteiger partial charge is 0.251 e. The van der Waals surface area contributed by atoms with Crippen molar-refractivity contribution in [2.45, 2.75) is 26.4 Å². The molecule has 0 saturated heterocycles. The van der Waals surface area contributed by atoms with Crippen LogP contribution < -0.4 is 25.4 Å². The van der Waals surface area contributed by atoms with Crippen molar-refractivity contribution in [3.05, 3.63) is 70.9 Å². The number of carbonyl (C=O) groups is 1. The Kier molecular flexibility index (Phi) is 6.72. The lowest BCUT2D eigenvalue weighted by Crippen LogP contribution is -2.46. The highest BCUT2D eigenvalue weighted by molar-refractivity contribution is 7.80. The predicted molar refractivity (Wildman–Crippen MR) is 117 cm³/mol. The fraction of sp³-hybridized carbons (Fsp3) is 0.273. The quantitative estimate of drug-likeness (QED) is 0.608. The first kappa shape index (κ1) is 20.7. The lowest BCUT2D eigenvalue weighted by atomic mass is 9.94. The minimum atomic E-state index is -0.398. The molecule has 0 aliphatic carbocycles. The fourth-order valence-electron chi connectivity index (χ4n) is 3.26. The molecule has 0 saturated carbocycles. The number of allylic oxidation sites excluding steroid dienone is 1. The second-order valence-electron chi connectivity index (χ2n) is 6.58. The number of methoxy groups -OCH3 is 1. The van der Waals surface area contributed by atoms with Crippen LogP contribution in [0.15, 0.2) is 59.8 Å². The molecule has 2 aromatic rings. The third-order valence-electron chi connectivity index (χ3n) is 4.63. The minimum Gasteiger partial charge on any atom is -0.493 e. The molecule has 1 aliphatic rings. The van der Waals surface area contributed by atoms with Crippen molar-refractivity contribution in [1.29, 1.82) is 0 Å². The Morgan fingerprint density at radius 3 is 2.62 bits per heavy atom. The maximum absolute atomic E-state index is 13.1. The van der Waals surface area contributed by atoms with Gasteiger partial charge in [0.15, 0.2) is 16.6 Å². The molecule has 0 fully saturated rings. The third-order valence-corrected chi connectivity index (χ3v) is 4.85. The summed E-state index contributed by atoms with van der Waals surface area (Å²) in [5.74, 6) is 1.11. The van der Waals surface area contributed by atoms with E-state index in [4.69, 9.17) is 21.7 Å². The molecule has 3 N–H and O–H groups in total. The molecule has 1 amide bonds. The van der Waals surface area contributed by atoms with E-state index in [0.29, 0.717) is 35.3 Å². The summed E-state index contributed by atoms with van der Waals surface area (Å²) in [6.45, 7) is 4.72. The lowest BCUT2D eigenvalue weighted by molar-refractivity contribution is -0.118. The molecule has 1 unspecified atom stereocenters. The number of nitrogens with one attached hydrogen (secondary N) is 3. The van der Waals surface area contributed by atoms with Crippen molar-refractivity contribution in [1.82, 2.24) is 16.0 Å². The molecular formula is C22H25N3O3S. The summed E-state index contributed by atoms with van der Waals surface area (Å²) in [6.07, 6.45) is 0. The zero-order chi connectivity index (χ0) is 20.8. The van der Waals surface area contributed by atoms with Crippen LogP contribution in [0.25, 0.3) is 0 Å². The zero-order valence-corrected chi connectivity index (χ0v) is 17.6. The van der Waals surface area contributed by atoms with E-state index in [2.05, 4.69) is 16.0 Å². The Balaban J connectivity index is 1.89. The zero-order valence-electron chi connectivity index (χ0n) is 16.7.